The summed E-state index contributed by atoms with van der Waals surface area (Å²) in [6.45, 7) is 4.68. The molecule has 0 bridgehead atoms. The highest BCUT2D eigenvalue weighted by atomic mass is 14.8. The van der Waals surface area contributed by atoms with E-state index in [9.17, 15) is 0 Å². The second-order valence-electron chi connectivity index (χ2n) is 6.17. The molecule has 1 aromatic carbocycles. The second-order valence-corrected chi connectivity index (χ2v) is 6.17. The van der Waals surface area contributed by atoms with Crippen molar-refractivity contribution in [1.29, 1.82) is 0 Å². The summed E-state index contributed by atoms with van der Waals surface area (Å²) in [7, 11) is 0. The van der Waals surface area contributed by atoms with Crippen LogP contribution in [-0.2, 0) is 6.42 Å². The molecule has 1 N–H and O–H groups in total. The van der Waals surface area contributed by atoms with Gasteiger partial charge in [0.2, 0.25) is 0 Å². The highest BCUT2D eigenvalue weighted by molar-refractivity contribution is 5.14. The average molecular weight is 290 g/mol. The van der Waals surface area contributed by atoms with Crippen molar-refractivity contribution >= 4 is 0 Å². The minimum absolute atomic E-state index is 1.18. The fourth-order valence-corrected chi connectivity index (χ4v) is 2.73. The molecule has 0 aliphatic carbocycles. The van der Waals surface area contributed by atoms with Crippen LogP contribution in [0, 0.1) is 0 Å². The summed E-state index contributed by atoms with van der Waals surface area (Å²) in [5, 5.41) is 3.58. The van der Waals surface area contributed by atoms with E-state index in [1.807, 2.05) is 0 Å². The molecule has 120 valence electrons. The van der Waals surface area contributed by atoms with E-state index in [0.717, 1.165) is 0 Å². The SMILES string of the molecule is CCCCCCCCCCNCCCCc1ccccc1. The quantitative estimate of drug-likeness (QED) is 0.431. The third kappa shape index (κ3) is 11.5. The molecule has 21 heavy (non-hydrogen) atoms. The molecule has 0 unspecified atom stereocenters. The Kier molecular flexibility index (Phi) is 12.3. The topological polar surface area (TPSA) is 12.0 Å². The molecule has 1 heteroatoms. The third-order valence-corrected chi connectivity index (χ3v) is 4.12. The van der Waals surface area contributed by atoms with Crippen LogP contribution >= 0.6 is 0 Å². The predicted molar refractivity (Wildman–Crippen MR) is 94.9 cm³/mol. The molecule has 0 aliphatic heterocycles. The maximum absolute atomic E-state index is 3.58. The Bertz CT molecular complexity index is 307. The predicted octanol–water partition coefficient (Wildman–Crippen LogP) is 5.74. The first-order valence-corrected chi connectivity index (χ1v) is 9.18. The number of benzene rings is 1. The van der Waals surface area contributed by atoms with E-state index in [1.165, 1.54) is 89.3 Å². The molecular weight excluding hydrogens is 254 g/mol. The Morgan fingerprint density at radius 3 is 1.90 bits per heavy atom. The molecule has 1 aromatic rings. The fourth-order valence-electron chi connectivity index (χ4n) is 2.73. The van der Waals surface area contributed by atoms with Crippen LogP contribution in [0.1, 0.15) is 76.7 Å². The van der Waals surface area contributed by atoms with Crippen LogP contribution in [-0.4, -0.2) is 13.1 Å². The Balaban J connectivity index is 1.75. The van der Waals surface area contributed by atoms with Gasteiger partial charge in [-0.15, -0.1) is 0 Å². The lowest BCUT2D eigenvalue weighted by Gasteiger charge is -2.05. The van der Waals surface area contributed by atoms with Crippen LogP contribution in [0.15, 0.2) is 30.3 Å². The van der Waals surface area contributed by atoms with Gasteiger partial charge in [0.25, 0.3) is 0 Å². The van der Waals surface area contributed by atoms with E-state index < -0.39 is 0 Å². The van der Waals surface area contributed by atoms with Gasteiger partial charge in [-0.1, -0.05) is 82.2 Å². The lowest BCUT2D eigenvalue weighted by atomic mass is 10.1. The van der Waals surface area contributed by atoms with E-state index in [0.29, 0.717) is 0 Å². The first-order valence-electron chi connectivity index (χ1n) is 9.18. The van der Waals surface area contributed by atoms with Gasteiger partial charge < -0.3 is 5.32 Å². The van der Waals surface area contributed by atoms with Gasteiger partial charge >= 0.3 is 0 Å². The molecular formula is C20H35N. The molecule has 1 nitrogen and oxygen atoms in total. The van der Waals surface area contributed by atoms with Gasteiger partial charge in [-0.2, -0.15) is 0 Å². The maximum atomic E-state index is 3.58. The first-order chi connectivity index (χ1) is 10.4. The Morgan fingerprint density at radius 2 is 1.24 bits per heavy atom. The maximum Gasteiger partial charge on any atom is -0.00488 e. The van der Waals surface area contributed by atoms with Crippen LogP contribution in [0.25, 0.3) is 0 Å². The minimum atomic E-state index is 1.18. The zero-order valence-electron chi connectivity index (χ0n) is 14.1. The summed E-state index contributed by atoms with van der Waals surface area (Å²) in [6.07, 6.45) is 15.1. The highest BCUT2D eigenvalue weighted by Gasteiger charge is 1.94. The summed E-state index contributed by atoms with van der Waals surface area (Å²) >= 11 is 0. The van der Waals surface area contributed by atoms with Crippen molar-refractivity contribution in [3.8, 4) is 0 Å². The van der Waals surface area contributed by atoms with Crippen LogP contribution in [0.5, 0.6) is 0 Å². The fraction of sp³-hybridized carbons (Fsp3) is 0.700. The van der Waals surface area contributed by atoms with Crippen molar-refractivity contribution in [3.05, 3.63) is 35.9 Å². The van der Waals surface area contributed by atoms with Gasteiger partial charge in [0, 0.05) is 0 Å². The van der Waals surface area contributed by atoms with Gasteiger partial charge in [-0.05, 0) is 44.3 Å². The minimum Gasteiger partial charge on any atom is -0.317 e. The smallest absolute Gasteiger partial charge is 0.00488 e. The normalized spacial score (nSPS) is 10.9. The number of hydrogen-bond acceptors (Lipinski definition) is 1. The summed E-state index contributed by atoms with van der Waals surface area (Å²) in [5.41, 5.74) is 1.47. The Hall–Kier alpha value is -0.820. The van der Waals surface area contributed by atoms with Crippen molar-refractivity contribution < 1.29 is 0 Å². The number of aryl methyl sites for hydroxylation is 1. The molecule has 0 radical (unpaired) electrons. The first kappa shape index (κ1) is 18.2. The monoisotopic (exact) mass is 289 g/mol. The van der Waals surface area contributed by atoms with E-state index in [1.54, 1.807) is 0 Å². The number of unbranched alkanes of at least 4 members (excludes halogenated alkanes) is 8. The van der Waals surface area contributed by atoms with Gasteiger partial charge in [0.1, 0.15) is 0 Å². The molecule has 0 amide bonds. The Morgan fingerprint density at radius 1 is 0.667 bits per heavy atom. The second kappa shape index (κ2) is 14.1. The molecule has 0 heterocycles. The van der Waals surface area contributed by atoms with E-state index >= 15 is 0 Å². The standard InChI is InChI=1S/C20H35N/c1-2-3-4-5-6-7-8-13-18-21-19-14-12-17-20-15-10-9-11-16-20/h9-11,15-16,21H,2-8,12-14,17-19H2,1H3. The lowest BCUT2D eigenvalue weighted by molar-refractivity contribution is 0.547. The molecule has 0 saturated carbocycles. The number of hydrogen-bond donors (Lipinski definition) is 1. The zero-order valence-corrected chi connectivity index (χ0v) is 14.1. The molecule has 0 atom stereocenters. The van der Waals surface area contributed by atoms with Gasteiger partial charge in [0.05, 0.1) is 0 Å². The van der Waals surface area contributed by atoms with Crippen LogP contribution in [0.3, 0.4) is 0 Å². The molecule has 0 aliphatic rings. The van der Waals surface area contributed by atoms with Crippen molar-refractivity contribution in [1.82, 2.24) is 5.32 Å². The van der Waals surface area contributed by atoms with Crippen molar-refractivity contribution in [2.75, 3.05) is 13.1 Å². The zero-order chi connectivity index (χ0) is 15.0. The molecule has 0 spiro atoms. The summed E-state index contributed by atoms with van der Waals surface area (Å²) in [4.78, 5) is 0. The average Bonchev–Trinajstić information content (AvgIpc) is 2.53. The third-order valence-electron chi connectivity index (χ3n) is 4.12. The van der Waals surface area contributed by atoms with Crippen LogP contribution < -0.4 is 5.32 Å². The van der Waals surface area contributed by atoms with E-state index in [4.69, 9.17) is 0 Å². The van der Waals surface area contributed by atoms with Crippen molar-refractivity contribution in [2.45, 2.75) is 77.6 Å². The van der Waals surface area contributed by atoms with E-state index in [-0.39, 0.29) is 0 Å². The largest absolute Gasteiger partial charge is 0.317 e. The van der Waals surface area contributed by atoms with Crippen molar-refractivity contribution in [2.24, 2.45) is 0 Å². The van der Waals surface area contributed by atoms with Gasteiger partial charge in [-0.3, -0.25) is 0 Å². The van der Waals surface area contributed by atoms with Crippen LogP contribution in [0.4, 0.5) is 0 Å². The molecule has 0 fully saturated rings. The van der Waals surface area contributed by atoms with E-state index in [2.05, 4.69) is 42.6 Å². The lowest BCUT2D eigenvalue weighted by Crippen LogP contribution is -2.16. The number of nitrogens with one attached hydrogen (secondary N) is 1. The highest BCUT2D eigenvalue weighted by Crippen LogP contribution is 2.08. The van der Waals surface area contributed by atoms with Crippen molar-refractivity contribution in [3.63, 3.8) is 0 Å². The molecule has 0 saturated heterocycles. The number of rotatable bonds is 14. The van der Waals surface area contributed by atoms with Gasteiger partial charge in [0.15, 0.2) is 0 Å². The molecule has 0 aromatic heterocycles. The van der Waals surface area contributed by atoms with Crippen LogP contribution in [0.2, 0.25) is 0 Å². The van der Waals surface area contributed by atoms with Gasteiger partial charge in [-0.25, -0.2) is 0 Å². The Labute approximate surface area is 132 Å². The molecule has 1 rings (SSSR count). The summed E-state index contributed by atoms with van der Waals surface area (Å²) < 4.78 is 0. The summed E-state index contributed by atoms with van der Waals surface area (Å²) in [5.74, 6) is 0. The summed E-state index contributed by atoms with van der Waals surface area (Å²) in [6, 6.07) is 10.8.